The molecule has 0 saturated heterocycles. The molecule has 8 heteroatoms. The van der Waals surface area contributed by atoms with Crippen LogP contribution in [-0.4, -0.2) is 60.3 Å². The maximum Gasteiger partial charge on any atom is 0.407 e. The highest BCUT2D eigenvalue weighted by Gasteiger charge is 2.22. The molecular formula is C22H40IN5O2. The van der Waals surface area contributed by atoms with Gasteiger partial charge in [-0.1, -0.05) is 19.9 Å². The van der Waals surface area contributed by atoms with Gasteiger partial charge in [0.05, 0.1) is 0 Å². The summed E-state index contributed by atoms with van der Waals surface area (Å²) in [5, 5.41) is 6.34. The number of alkyl carbamates (subject to hydrolysis) is 1. The Labute approximate surface area is 199 Å². The van der Waals surface area contributed by atoms with Gasteiger partial charge in [-0.15, -0.1) is 24.0 Å². The lowest BCUT2D eigenvalue weighted by molar-refractivity contribution is 0.0486. The maximum absolute atomic E-state index is 12.1. The van der Waals surface area contributed by atoms with Gasteiger partial charge in [0.1, 0.15) is 5.60 Å². The fourth-order valence-electron chi connectivity index (χ4n) is 2.76. The number of aliphatic imine (C=N–C) groups is 1. The Morgan fingerprint density at radius 1 is 1.30 bits per heavy atom. The Bertz CT molecular complexity index is 632. The van der Waals surface area contributed by atoms with E-state index < -0.39 is 5.60 Å². The topological polar surface area (TPSA) is 78.9 Å². The summed E-state index contributed by atoms with van der Waals surface area (Å²) in [7, 11) is 2.02. The van der Waals surface area contributed by atoms with Crippen molar-refractivity contribution in [3.05, 3.63) is 30.1 Å². The van der Waals surface area contributed by atoms with Crippen molar-refractivity contribution in [2.24, 2.45) is 10.9 Å². The van der Waals surface area contributed by atoms with Gasteiger partial charge in [-0.05, 0) is 52.2 Å². The SMILES string of the molecule is CCNC(=NCCc1ccccn1)N(C)CCC(NC(=O)OC(C)(C)C)C(C)C.I. The molecule has 1 unspecified atom stereocenters. The Morgan fingerprint density at radius 3 is 2.53 bits per heavy atom. The van der Waals surface area contributed by atoms with Crippen LogP contribution in [0.5, 0.6) is 0 Å². The minimum atomic E-state index is -0.499. The van der Waals surface area contributed by atoms with Crippen LogP contribution in [0.3, 0.4) is 0 Å². The zero-order chi connectivity index (χ0) is 21.9. The van der Waals surface area contributed by atoms with Crippen LogP contribution in [-0.2, 0) is 11.2 Å². The van der Waals surface area contributed by atoms with E-state index in [-0.39, 0.29) is 36.1 Å². The van der Waals surface area contributed by atoms with Crippen LogP contribution < -0.4 is 10.6 Å². The molecule has 0 aliphatic heterocycles. The van der Waals surface area contributed by atoms with Crippen molar-refractivity contribution < 1.29 is 9.53 Å². The summed E-state index contributed by atoms with van der Waals surface area (Å²) in [5.41, 5.74) is 0.539. The second-order valence-corrected chi connectivity index (χ2v) is 8.51. The second-order valence-electron chi connectivity index (χ2n) is 8.51. The lowest BCUT2D eigenvalue weighted by Gasteiger charge is -2.28. The average molecular weight is 533 g/mol. The van der Waals surface area contributed by atoms with E-state index in [2.05, 4.69) is 41.3 Å². The van der Waals surface area contributed by atoms with Crippen LogP contribution in [0.4, 0.5) is 4.79 Å². The Hall–Kier alpha value is -1.58. The number of pyridine rings is 1. The number of rotatable bonds is 9. The molecule has 0 saturated carbocycles. The molecule has 0 radical (unpaired) electrons. The number of aromatic nitrogens is 1. The van der Waals surface area contributed by atoms with Gasteiger partial charge in [0.25, 0.3) is 0 Å². The molecule has 1 heterocycles. The number of carbonyl (C=O) groups is 1. The zero-order valence-corrected chi connectivity index (χ0v) is 21.9. The molecule has 7 nitrogen and oxygen atoms in total. The smallest absolute Gasteiger partial charge is 0.407 e. The third-order valence-corrected chi connectivity index (χ3v) is 4.33. The fourth-order valence-corrected chi connectivity index (χ4v) is 2.76. The summed E-state index contributed by atoms with van der Waals surface area (Å²) in [6.07, 6.45) is 3.05. The number of amides is 1. The molecule has 30 heavy (non-hydrogen) atoms. The summed E-state index contributed by atoms with van der Waals surface area (Å²) in [5.74, 6) is 1.17. The normalized spacial score (nSPS) is 12.7. The van der Waals surface area contributed by atoms with Gasteiger partial charge in [-0.2, -0.15) is 0 Å². The van der Waals surface area contributed by atoms with Crippen molar-refractivity contribution >= 4 is 36.0 Å². The predicted molar refractivity (Wildman–Crippen MR) is 135 cm³/mol. The van der Waals surface area contributed by atoms with Crippen LogP contribution in [0, 0.1) is 5.92 Å². The molecule has 0 aliphatic carbocycles. The lowest BCUT2D eigenvalue weighted by atomic mass is 10.0. The molecule has 1 amide bonds. The van der Waals surface area contributed by atoms with Gasteiger partial charge in [0.2, 0.25) is 0 Å². The van der Waals surface area contributed by atoms with E-state index in [1.165, 1.54) is 0 Å². The Morgan fingerprint density at radius 2 is 2.00 bits per heavy atom. The number of carbonyl (C=O) groups excluding carboxylic acids is 1. The average Bonchev–Trinajstić information content (AvgIpc) is 2.63. The summed E-state index contributed by atoms with van der Waals surface area (Å²) in [4.78, 5) is 23.3. The van der Waals surface area contributed by atoms with Crippen molar-refractivity contribution in [1.29, 1.82) is 0 Å². The van der Waals surface area contributed by atoms with Crippen molar-refractivity contribution in [1.82, 2.24) is 20.5 Å². The van der Waals surface area contributed by atoms with E-state index in [4.69, 9.17) is 9.73 Å². The molecule has 0 spiro atoms. The molecule has 1 rings (SSSR count). The molecule has 1 atom stereocenters. The van der Waals surface area contributed by atoms with Crippen molar-refractivity contribution in [2.75, 3.05) is 26.7 Å². The number of ether oxygens (including phenoxy) is 1. The first-order valence-electron chi connectivity index (χ1n) is 10.5. The molecule has 2 N–H and O–H groups in total. The van der Waals surface area contributed by atoms with E-state index in [9.17, 15) is 4.79 Å². The fraction of sp³-hybridized carbons (Fsp3) is 0.682. The highest BCUT2D eigenvalue weighted by Crippen LogP contribution is 2.11. The predicted octanol–water partition coefficient (Wildman–Crippen LogP) is 4.08. The van der Waals surface area contributed by atoms with Gasteiger partial charge >= 0.3 is 6.09 Å². The highest BCUT2D eigenvalue weighted by molar-refractivity contribution is 14.0. The van der Waals surface area contributed by atoms with Gasteiger partial charge in [0.15, 0.2) is 5.96 Å². The van der Waals surface area contributed by atoms with Crippen molar-refractivity contribution in [3.8, 4) is 0 Å². The van der Waals surface area contributed by atoms with E-state index in [1.807, 2.05) is 46.0 Å². The first-order valence-corrected chi connectivity index (χ1v) is 10.5. The first-order chi connectivity index (χ1) is 13.6. The van der Waals surface area contributed by atoms with Crippen LogP contribution in [0.25, 0.3) is 0 Å². The standard InChI is InChI=1S/C22H39N5O2.HI/c1-8-23-20(25-15-12-18-11-9-10-14-24-18)27(7)16-13-19(17(2)3)26-21(28)29-22(4,5)6;/h9-11,14,17,19H,8,12-13,15-16H2,1-7H3,(H,23,25)(H,26,28);1H. The van der Waals surface area contributed by atoms with Gasteiger partial charge in [0, 0.05) is 51.0 Å². The third-order valence-electron chi connectivity index (χ3n) is 4.33. The molecular weight excluding hydrogens is 493 g/mol. The third kappa shape index (κ3) is 12.2. The van der Waals surface area contributed by atoms with Crippen LogP contribution in [0.2, 0.25) is 0 Å². The zero-order valence-electron chi connectivity index (χ0n) is 19.6. The van der Waals surface area contributed by atoms with Gasteiger partial charge < -0.3 is 20.3 Å². The minimum Gasteiger partial charge on any atom is -0.444 e. The molecule has 172 valence electrons. The summed E-state index contributed by atoms with van der Waals surface area (Å²) in [6, 6.07) is 5.96. The largest absolute Gasteiger partial charge is 0.444 e. The van der Waals surface area contributed by atoms with E-state index in [0.717, 1.165) is 37.6 Å². The Kier molecular flexibility index (Phi) is 13.7. The molecule has 0 aliphatic rings. The highest BCUT2D eigenvalue weighted by atomic mass is 127. The molecule has 1 aromatic rings. The summed E-state index contributed by atoms with van der Waals surface area (Å²) >= 11 is 0. The summed E-state index contributed by atoms with van der Waals surface area (Å²) in [6.45, 7) is 14.1. The first kappa shape index (κ1) is 28.4. The molecule has 1 aromatic heterocycles. The number of hydrogen-bond donors (Lipinski definition) is 2. The van der Waals surface area contributed by atoms with Crippen molar-refractivity contribution in [2.45, 2.75) is 66.0 Å². The summed E-state index contributed by atoms with van der Waals surface area (Å²) < 4.78 is 5.40. The quantitative estimate of drug-likeness (QED) is 0.284. The number of hydrogen-bond acceptors (Lipinski definition) is 4. The molecule has 0 aromatic carbocycles. The lowest BCUT2D eigenvalue weighted by Crippen LogP contribution is -2.45. The van der Waals surface area contributed by atoms with Crippen molar-refractivity contribution in [3.63, 3.8) is 0 Å². The second kappa shape index (κ2) is 14.4. The van der Waals surface area contributed by atoms with Crippen LogP contribution >= 0.6 is 24.0 Å². The number of guanidine groups is 1. The minimum absolute atomic E-state index is 0. The van der Waals surface area contributed by atoms with E-state index >= 15 is 0 Å². The maximum atomic E-state index is 12.1. The van der Waals surface area contributed by atoms with Gasteiger partial charge in [-0.25, -0.2) is 4.79 Å². The number of nitrogens with zero attached hydrogens (tertiary/aromatic N) is 3. The Balaban J connectivity index is 0.00000841. The van der Waals surface area contributed by atoms with Crippen LogP contribution in [0.15, 0.2) is 29.4 Å². The molecule has 0 fully saturated rings. The monoisotopic (exact) mass is 533 g/mol. The van der Waals surface area contributed by atoms with Crippen LogP contribution in [0.1, 0.15) is 53.7 Å². The van der Waals surface area contributed by atoms with Gasteiger partial charge in [-0.3, -0.25) is 9.98 Å². The van der Waals surface area contributed by atoms with E-state index in [1.54, 1.807) is 6.20 Å². The van der Waals surface area contributed by atoms with E-state index in [0.29, 0.717) is 12.5 Å². The number of halogens is 1. The molecule has 0 bridgehead atoms. The number of nitrogens with one attached hydrogen (secondary N) is 2.